The lowest BCUT2D eigenvalue weighted by Gasteiger charge is -2.36. The second-order valence-electron chi connectivity index (χ2n) is 5.86. The van der Waals surface area contributed by atoms with Crippen LogP contribution < -0.4 is 5.32 Å². The third kappa shape index (κ3) is 2.72. The number of aromatic nitrogens is 1. The molecule has 4 nitrogen and oxygen atoms in total. The van der Waals surface area contributed by atoms with E-state index in [-0.39, 0.29) is 5.91 Å². The Morgan fingerprint density at radius 1 is 1.32 bits per heavy atom. The van der Waals surface area contributed by atoms with Crippen LogP contribution in [0.15, 0.2) is 16.7 Å². The Kier molecular flexibility index (Phi) is 3.43. The van der Waals surface area contributed by atoms with Gasteiger partial charge < -0.3 is 14.8 Å². The molecule has 3 rings (SSSR count). The van der Waals surface area contributed by atoms with Crippen molar-refractivity contribution in [2.45, 2.75) is 44.8 Å². The first-order chi connectivity index (χ1) is 9.04. The molecule has 1 N–H and O–H groups in total. The zero-order chi connectivity index (χ0) is 13.6. The second kappa shape index (κ2) is 4.94. The number of nitrogens with one attached hydrogen (secondary N) is 1. The van der Waals surface area contributed by atoms with Crippen molar-refractivity contribution in [3.63, 3.8) is 0 Å². The smallest absolute Gasteiger partial charge is 0.270 e. The molecule has 2 fully saturated rings. The monoisotopic (exact) mass is 325 g/mol. The highest BCUT2D eigenvalue weighted by Gasteiger charge is 2.31. The molecule has 104 valence electrons. The largest absolute Gasteiger partial charge is 0.339 e. The lowest BCUT2D eigenvalue weighted by atomic mass is 10.1. The Labute approximate surface area is 122 Å². The lowest BCUT2D eigenvalue weighted by Crippen LogP contribution is -2.56. The molecule has 2 aliphatic rings. The third-order valence-corrected chi connectivity index (χ3v) is 4.25. The fraction of sp³-hybridized carbons (Fsp3) is 0.643. The zero-order valence-electron chi connectivity index (χ0n) is 11.4. The molecule has 1 aliphatic heterocycles. The summed E-state index contributed by atoms with van der Waals surface area (Å²) in [5, 5.41) is 3.46. The molecule has 1 aliphatic carbocycles. The maximum absolute atomic E-state index is 12.7. The van der Waals surface area contributed by atoms with Crippen LogP contribution in [-0.2, 0) is 0 Å². The fourth-order valence-electron chi connectivity index (χ4n) is 2.93. The van der Waals surface area contributed by atoms with E-state index in [9.17, 15) is 4.79 Å². The van der Waals surface area contributed by atoms with E-state index >= 15 is 0 Å². The Balaban J connectivity index is 1.83. The van der Waals surface area contributed by atoms with Gasteiger partial charge in [-0.05, 0) is 48.7 Å². The molecule has 0 spiro atoms. The van der Waals surface area contributed by atoms with E-state index < -0.39 is 0 Å². The molecule has 1 amide bonds. The van der Waals surface area contributed by atoms with Gasteiger partial charge in [-0.1, -0.05) is 0 Å². The topological polar surface area (TPSA) is 37.3 Å². The average molecular weight is 326 g/mol. The minimum Gasteiger partial charge on any atom is -0.339 e. The predicted octanol–water partition coefficient (Wildman–Crippen LogP) is 2.41. The van der Waals surface area contributed by atoms with Gasteiger partial charge in [0.05, 0.1) is 0 Å². The number of piperazine rings is 1. The van der Waals surface area contributed by atoms with Crippen LogP contribution in [0.25, 0.3) is 0 Å². The van der Waals surface area contributed by atoms with E-state index in [0.717, 1.165) is 23.3 Å². The van der Waals surface area contributed by atoms with Crippen molar-refractivity contribution in [2.75, 3.05) is 13.1 Å². The average Bonchev–Trinajstić information content (AvgIpc) is 3.10. The normalized spacial score (nSPS) is 27.6. The Hall–Kier alpha value is -0.810. The first kappa shape index (κ1) is 13.2. The summed E-state index contributed by atoms with van der Waals surface area (Å²) < 4.78 is 3.14. The number of hydrogen-bond donors (Lipinski definition) is 1. The summed E-state index contributed by atoms with van der Waals surface area (Å²) in [4.78, 5) is 14.7. The highest BCUT2D eigenvalue weighted by molar-refractivity contribution is 9.10. The molecule has 0 aromatic carbocycles. The number of carbonyl (C=O) groups is 1. The predicted molar refractivity (Wildman–Crippen MR) is 78.4 cm³/mol. The summed E-state index contributed by atoms with van der Waals surface area (Å²) >= 11 is 3.49. The molecule has 1 saturated heterocycles. The summed E-state index contributed by atoms with van der Waals surface area (Å²) in [7, 11) is 0. The van der Waals surface area contributed by atoms with Crippen molar-refractivity contribution in [3.05, 3.63) is 22.4 Å². The molecule has 0 bridgehead atoms. The van der Waals surface area contributed by atoms with Crippen LogP contribution in [0.2, 0.25) is 0 Å². The first-order valence-corrected chi connectivity index (χ1v) is 7.76. The Morgan fingerprint density at radius 3 is 2.53 bits per heavy atom. The molecule has 2 heterocycles. The molecule has 1 aromatic rings. The van der Waals surface area contributed by atoms with Crippen molar-refractivity contribution in [2.24, 2.45) is 0 Å². The van der Waals surface area contributed by atoms with Crippen molar-refractivity contribution >= 4 is 21.8 Å². The minimum absolute atomic E-state index is 0.165. The van der Waals surface area contributed by atoms with Crippen LogP contribution in [-0.4, -0.2) is 40.5 Å². The molecule has 2 unspecified atom stereocenters. The van der Waals surface area contributed by atoms with Crippen LogP contribution in [0, 0.1) is 0 Å². The summed E-state index contributed by atoms with van der Waals surface area (Å²) in [5.41, 5.74) is 0.829. The van der Waals surface area contributed by atoms with Gasteiger partial charge in [-0.2, -0.15) is 0 Å². The number of carbonyl (C=O) groups excluding carboxylic acids is 1. The van der Waals surface area contributed by atoms with E-state index in [1.54, 1.807) is 0 Å². The number of amides is 1. The molecule has 19 heavy (non-hydrogen) atoms. The SMILES string of the molecule is CC1CN(C(=O)c2cc(Br)cn2C2CC2)CC(C)N1. The molecular formula is C14H20BrN3O. The highest BCUT2D eigenvalue weighted by Crippen LogP contribution is 2.37. The standard InChI is InChI=1S/C14H20BrN3O/c1-9-6-17(7-10(2)16-9)14(19)13-5-11(15)8-18(13)12-3-4-12/h5,8-10,12,16H,3-4,6-7H2,1-2H3. The maximum atomic E-state index is 12.7. The van der Waals surface area contributed by atoms with Crippen LogP contribution >= 0.6 is 15.9 Å². The molecular weight excluding hydrogens is 306 g/mol. The van der Waals surface area contributed by atoms with Crippen LogP contribution in [0.1, 0.15) is 43.2 Å². The van der Waals surface area contributed by atoms with E-state index in [1.807, 2.05) is 17.2 Å². The van der Waals surface area contributed by atoms with Crippen molar-refractivity contribution in [1.29, 1.82) is 0 Å². The lowest BCUT2D eigenvalue weighted by molar-refractivity contribution is 0.0662. The first-order valence-electron chi connectivity index (χ1n) is 6.97. The van der Waals surface area contributed by atoms with Gasteiger partial charge in [-0.3, -0.25) is 4.79 Å². The third-order valence-electron chi connectivity index (χ3n) is 3.82. The summed E-state index contributed by atoms with van der Waals surface area (Å²) in [6.07, 6.45) is 4.42. The number of halogens is 1. The van der Waals surface area contributed by atoms with Gasteiger partial charge in [0.2, 0.25) is 0 Å². The van der Waals surface area contributed by atoms with E-state index in [1.165, 1.54) is 12.8 Å². The summed E-state index contributed by atoms with van der Waals surface area (Å²) in [5.74, 6) is 0.165. The quantitative estimate of drug-likeness (QED) is 0.906. The molecule has 2 atom stereocenters. The van der Waals surface area contributed by atoms with Crippen LogP contribution in [0.5, 0.6) is 0 Å². The zero-order valence-corrected chi connectivity index (χ0v) is 13.0. The van der Waals surface area contributed by atoms with Gasteiger partial charge in [0.15, 0.2) is 0 Å². The molecule has 1 aromatic heterocycles. The van der Waals surface area contributed by atoms with Gasteiger partial charge in [0.25, 0.3) is 5.91 Å². The van der Waals surface area contributed by atoms with Gasteiger partial charge in [0.1, 0.15) is 5.69 Å². The van der Waals surface area contributed by atoms with E-state index in [0.29, 0.717) is 18.1 Å². The van der Waals surface area contributed by atoms with Gasteiger partial charge in [-0.15, -0.1) is 0 Å². The Morgan fingerprint density at radius 2 is 1.95 bits per heavy atom. The molecule has 1 saturated carbocycles. The van der Waals surface area contributed by atoms with Gasteiger partial charge in [-0.25, -0.2) is 0 Å². The number of hydrogen-bond acceptors (Lipinski definition) is 2. The highest BCUT2D eigenvalue weighted by atomic mass is 79.9. The van der Waals surface area contributed by atoms with Crippen LogP contribution in [0.4, 0.5) is 0 Å². The molecule has 5 heteroatoms. The van der Waals surface area contributed by atoms with Crippen molar-refractivity contribution in [3.8, 4) is 0 Å². The van der Waals surface area contributed by atoms with Crippen molar-refractivity contribution < 1.29 is 4.79 Å². The number of nitrogens with zero attached hydrogens (tertiary/aromatic N) is 2. The molecule has 0 radical (unpaired) electrons. The maximum Gasteiger partial charge on any atom is 0.270 e. The fourth-order valence-corrected chi connectivity index (χ4v) is 3.36. The summed E-state index contributed by atoms with van der Waals surface area (Å²) in [6, 6.07) is 3.21. The number of rotatable bonds is 2. The second-order valence-corrected chi connectivity index (χ2v) is 6.78. The van der Waals surface area contributed by atoms with Gasteiger partial charge in [0, 0.05) is 41.9 Å². The van der Waals surface area contributed by atoms with Crippen molar-refractivity contribution in [1.82, 2.24) is 14.8 Å². The van der Waals surface area contributed by atoms with Crippen LogP contribution in [0.3, 0.4) is 0 Å². The van der Waals surface area contributed by atoms with Gasteiger partial charge >= 0.3 is 0 Å². The summed E-state index contributed by atoms with van der Waals surface area (Å²) in [6.45, 7) is 5.84. The van der Waals surface area contributed by atoms with E-state index in [4.69, 9.17) is 0 Å². The Bertz CT molecular complexity index is 485. The van der Waals surface area contributed by atoms with E-state index in [2.05, 4.69) is 39.7 Å². The minimum atomic E-state index is 0.165.